The van der Waals surface area contributed by atoms with Crippen molar-refractivity contribution in [1.29, 1.82) is 0 Å². The maximum absolute atomic E-state index is 12.3. The first-order valence-electron chi connectivity index (χ1n) is 7.10. The molecule has 1 N–H and O–H groups in total. The Bertz CT molecular complexity index is 432. The number of carbonyl (C=O) groups excluding carboxylic acids is 1. The molecule has 4 nitrogen and oxygen atoms in total. The lowest BCUT2D eigenvalue weighted by Gasteiger charge is -2.37. The second-order valence-corrected chi connectivity index (χ2v) is 6.59. The van der Waals surface area contributed by atoms with Gasteiger partial charge in [0, 0.05) is 6.54 Å². The molecule has 0 saturated carbocycles. The fourth-order valence-electron chi connectivity index (χ4n) is 2.34. The molecule has 0 radical (unpaired) electrons. The SMILES string of the molecule is CC1CN(C(=O)CC(O)C(C)C)CC(c2ccsc2)O1. The van der Waals surface area contributed by atoms with Crippen LogP contribution in [-0.2, 0) is 9.53 Å². The van der Waals surface area contributed by atoms with Gasteiger partial charge in [0.05, 0.1) is 25.2 Å². The molecule has 1 aliphatic rings. The van der Waals surface area contributed by atoms with Crippen LogP contribution in [0, 0.1) is 5.92 Å². The van der Waals surface area contributed by atoms with Crippen molar-refractivity contribution in [2.45, 2.75) is 45.5 Å². The number of amides is 1. The smallest absolute Gasteiger partial charge is 0.225 e. The summed E-state index contributed by atoms with van der Waals surface area (Å²) in [7, 11) is 0. The van der Waals surface area contributed by atoms with Crippen LogP contribution in [0.1, 0.15) is 38.9 Å². The van der Waals surface area contributed by atoms with E-state index in [0.29, 0.717) is 13.1 Å². The molecule has 20 heavy (non-hydrogen) atoms. The Morgan fingerprint density at radius 2 is 2.30 bits per heavy atom. The van der Waals surface area contributed by atoms with Crippen LogP contribution in [0.3, 0.4) is 0 Å². The van der Waals surface area contributed by atoms with Crippen LogP contribution in [0.2, 0.25) is 0 Å². The number of rotatable bonds is 4. The van der Waals surface area contributed by atoms with Gasteiger partial charge < -0.3 is 14.7 Å². The minimum atomic E-state index is -0.569. The Hall–Kier alpha value is -0.910. The van der Waals surface area contributed by atoms with Gasteiger partial charge in [0.15, 0.2) is 0 Å². The molecule has 1 fully saturated rings. The fourth-order valence-corrected chi connectivity index (χ4v) is 3.04. The lowest BCUT2D eigenvalue weighted by Crippen LogP contribution is -2.46. The molecule has 0 spiro atoms. The quantitative estimate of drug-likeness (QED) is 0.928. The van der Waals surface area contributed by atoms with Crippen molar-refractivity contribution in [3.8, 4) is 0 Å². The summed E-state index contributed by atoms with van der Waals surface area (Å²) in [5, 5.41) is 14.0. The molecule has 1 amide bonds. The number of carbonyl (C=O) groups is 1. The highest BCUT2D eigenvalue weighted by Gasteiger charge is 2.30. The fraction of sp³-hybridized carbons (Fsp3) is 0.667. The normalized spacial score (nSPS) is 24.9. The first-order valence-corrected chi connectivity index (χ1v) is 8.05. The van der Waals surface area contributed by atoms with Crippen molar-refractivity contribution in [3.63, 3.8) is 0 Å². The molecule has 1 aliphatic heterocycles. The summed E-state index contributed by atoms with van der Waals surface area (Å²) < 4.78 is 5.91. The number of aliphatic hydroxyl groups excluding tert-OH is 1. The number of aliphatic hydroxyl groups is 1. The van der Waals surface area contributed by atoms with Gasteiger partial charge in [0.2, 0.25) is 5.91 Å². The summed E-state index contributed by atoms with van der Waals surface area (Å²) in [6, 6.07) is 2.04. The predicted molar refractivity (Wildman–Crippen MR) is 79.6 cm³/mol. The third kappa shape index (κ3) is 3.81. The van der Waals surface area contributed by atoms with Gasteiger partial charge in [-0.25, -0.2) is 0 Å². The van der Waals surface area contributed by atoms with Gasteiger partial charge in [-0.05, 0) is 35.2 Å². The van der Waals surface area contributed by atoms with Crippen LogP contribution < -0.4 is 0 Å². The van der Waals surface area contributed by atoms with Gasteiger partial charge in [-0.15, -0.1) is 0 Å². The van der Waals surface area contributed by atoms with Crippen LogP contribution in [0.4, 0.5) is 0 Å². The number of hydrogen-bond acceptors (Lipinski definition) is 4. The first kappa shape index (κ1) is 15.5. The lowest BCUT2D eigenvalue weighted by molar-refractivity contribution is -0.147. The van der Waals surface area contributed by atoms with Crippen LogP contribution in [0.15, 0.2) is 16.8 Å². The van der Waals surface area contributed by atoms with E-state index in [1.807, 2.05) is 37.1 Å². The van der Waals surface area contributed by atoms with E-state index in [0.717, 1.165) is 5.56 Å². The van der Waals surface area contributed by atoms with Crippen molar-refractivity contribution in [2.24, 2.45) is 5.92 Å². The van der Waals surface area contributed by atoms with E-state index in [-0.39, 0.29) is 30.5 Å². The Morgan fingerprint density at radius 3 is 2.90 bits per heavy atom. The maximum Gasteiger partial charge on any atom is 0.225 e. The molecule has 1 aromatic heterocycles. The summed E-state index contributed by atoms with van der Waals surface area (Å²) in [5.74, 6) is 0.117. The second-order valence-electron chi connectivity index (χ2n) is 5.81. The van der Waals surface area contributed by atoms with Crippen LogP contribution in [0.5, 0.6) is 0 Å². The van der Waals surface area contributed by atoms with Gasteiger partial charge in [0.1, 0.15) is 6.10 Å². The molecule has 2 rings (SSSR count). The Morgan fingerprint density at radius 1 is 1.55 bits per heavy atom. The van der Waals surface area contributed by atoms with Crippen LogP contribution in [0.25, 0.3) is 0 Å². The molecular formula is C15H23NO3S. The predicted octanol–water partition coefficient (Wildman–Crippen LogP) is 2.44. The molecule has 0 bridgehead atoms. The summed E-state index contributed by atoms with van der Waals surface area (Å²) >= 11 is 1.64. The summed E-state index contributed by atoms with van der Waals surface area (Å²) in [6.45, 7) is 7.01. The zero-order chi connectivity index (χ0) is 14.7. The van der Waals surface area contributed by atoms with Gasteiger partial charge in [-0.1, -0.05) is 13.8 Å². The van der Waals surface area contributed by atoms with E-state index >= 15 is 0 Å². The average molecular weight is 297 g/mol. The molecule has 3 atom stereocenters. The zero-order valence-electron chi connectivity index (χ0n) is 12.3. The lowest BCUT2D eigenvalue weighted by atomic mass is 10.0. The van der Waals surface area contributed by atoms with E-state index in [1.54, 1.807) is 11.3 Å². The van der Waals surface area contributed by atoms with E-state index in [1.165, 1.54) is 0 Å². The number of hydrogen-bond donors (Lipinski definition) is 1. The van der Waals surface area contributed by atoms with E-state index in [2.05, 4.69) is 5.38 Å². The molecule has 112 valence electrons. The summed E-state index contributed by atoms with van der Waals surface area (Å²) in [6.07, 6.45) is -0.403. The largest absolute Gasteiger partial charge is 0.392 e. The minimum absolute atomic E-state index is 0.0154. The van der Waals surface area contributed by atoms with Gasteiger partial charge in [-0.3, -0.25) is 4.79 Å². The topological polar surface area (TPSA) is 49.8 Å². The maximum atomic E-state index is 12.3. The van der Waals surface area contributed by atoms with Gasteiger partial charge in [-0.2, -0.15) is 11.3 Å². The molecular weight excluding hydrogens is 274 g/mol. The van der Waals surface area contributed by atoms with Crippen LogP contribution in [-0.4, -0.2) is 41.2 Å². The first-order chi connectivity index (χ1) is 9.47. The monoisotopic (exact) mass is 297 g/mol. The molecule has 5 heteroatoms. The third-order valence-electron chi connectivity index (χ3n) is 3.68. The summed E-state index contributed by atoms with van der Waals surface area (Å²) in [5.41, 5.74) is 1.13. The van der Waals surface area contributed by atoms with Crippen LogP contribution >= 0.6 is 11.3 Å². The Balaban J connectivity index is 1.99. The molecule has 3 unspecified atom stereocenters. The highest BCUT2D eigenvalue weighted by Crippen LogP contribution is 2.27. The van der Waals surface area contributed by atoms with Crippen molar-refractivity contribution in [1.82, 2.24) is 4.90 Å². The zero-order valence-corrected chi connectivity index (χ0v) is 13.1. The molecule has 0 aromatic carbocycles. The third-order valence-corrected chi connectivity index (χ3v) is 4.38. The minimum Gasteiger partial charge on any atom is -0.392 e. The van der Waals surface area contributed by atoms with Crippen molar-refractivity contribution in [3.05, 3.63) is 22.4 Å². The standard InChI is InChI=1S/C15H23NO3S/c1-10(2)13(17)6-15(18)16-7-11(3)19-14(8-16)12-4-5-20-9-12/h4-5,9-11,13-14,17H,6-8H2,1-3H3. The van der Waals surface area contributed by atoms with Gasteiger partial charge >= 0.3 is 0 Å². The number of nitrogens with zero attached hydrogens (tertiary/aromatic N) is 1. The van der Waals surface area contributed by atoms with Crippen molar-refractivity contribution in [2.75, 3.05) is 13.1 Å². The average Bonchev–Trinajstić information content (AvgIpc) is 2.91. The molecule has 1 aromatic rings. The highest BCUT2D eigenvalue weighted by molar-refractivity contribution is 7.07. The van der Waals surface area contributed by atoms with E-state index in [9.17, 15) is 9.90 Å². The highest BCUT2D eigenvalue weighted by atomic mass is 32.1. The number of ether oxygens (including phenoxy) is 1. The Labute approximate surface area is 124 Å². The molecule has 1 saturated heterocycles. The van der Waals surface area contributed by atoms with Crippen molar-refractivity contribution >= 4 is 17.2 Å². The summed E-state index contributed by atoms with van der Waals surface area (Å²) in [4.78, 5) is 14.1. The van der Waals surface area contributed by atoms with E-state index in [4.69, 9.17) is 4.74 Å². The molecule has 2 heterocycles. The second kappa shape index (κ2) is 6.70. The van der Waals surface area contributed by atoms with Crippen molar-refractivity contribution < 1.29 is 14.6 Å². The Kier molecular flexibility index (Phi) is 5.18. The molecule has 0 aliphatic carbocycles. The van der Waals surface area contributed by atoms with Gasteiger partial charge in [0.25, 0.3) is 0 Å². The number of thiophene rings is 1. The number of morpholine rings is 1. The van der Waals surface area contributed by atoms with E-state index < -0.39 is 6.10 Å².